The normalized spacial score (nSPS) is 10.5. The van der Waals surface area contributed by atoms with Gasteiger partial charge in [-0.1, -0.05) is 18.2 Å². The summed E-state index contributed by atoms with van der Waals surface area (Å²) in [7, 11) is 0. The van der Waals surface area contributed by atoms with Gasteiger partial charge in [0.1, 0.15) is 17.4 Å². The van der Waals surface area contributed by atoms with Gasteiger partial charge in [0.15, 0.2) is 0 Å². The predicted octanol–water partition coefficient (Wildman–Crippen LogP) is 3.13. The topological polar surface area (TPSA) is 81.0 Å². The molecule has 1 aromatic heterocycles. The minimum atomic E-state index is -0.458. The molecule has 0 spiro atoms. The first-order chi connectivity index (χ1) is 10.8. The smallest absolute Gasteiger partial charge is 0.269 e. The Morgan fingerprint density at radius 3 is 2.55 bits per heavy atom. The first-order valence-corrected chi connectivity index (χ1v) is 6.65. The van der Waals surface area contributed by atoms with Crippen LogP contribution in [0.2, 0.25) is 0 Å². The molecule has 5 nitrogen and oxygen atoms in total. The van der Waals surface area contributed by atoms with Gasteiger partial charge in [0.05, 0.1) is 18.8 Å². The number of nitrogens with zero attached hydrogens (tertiary/aromatic N) is 3. The first-order valence-electron chi connectivity index (χ1n) is 6.65. The molecule has 0 atom stereocenters. The zero-order valence-electron chi connectivity index (χ0n) is 11.8. The van der Waals surface area contributed by atoms with Crippen molar-refractivity contribution in [2.45, 2.75) is 6.42 Å². The van der Waals surface area contributed by atoms with Crippen LogP contribution in [0.4, 0.5) is 5.69 Å². The van der Waals surface area contributed by atoms with Gasteiger partial charge in [-0.05, 0) is 24.3 Å². The maximum atomic E-state index is 12.6. The molecule has 22 heavy (non-hydrogen) atoms. The number of para-hydroxylation sites is 1. The van der Waals surface area contributed by atoms with Crippen LogP contribution in [0.25, 0.3) is 6.08 Å². The third-order valence-electron chi connectivity index (χ3n) is 2.94. The first kappa shape index (κ1) is 15.1. The lowest BCUT2D eigenvalue weighted by Gasteiger charge is -2.21. The van der Waals surface area contributed by atoms with Gasteiger partial charge in [0, 0.05) is 18.3 Å². The second-order valence-corrected chi connectivity index (χ2v) is 4.39. The molecule has 0 saturated carbocycles. The SMILES string of the molecule is N#CCCN(C(=O)/C(C#N)=C/c1ccco1)c1ccccc1. The Bertz CT molecular complexity index is 734. The Morgan fingerprint density at radius 1 is 1.18 bits per heavy atom. The van der Waals surface area contributed by atoms with Crippen molar-refractivity contribution in [1.29, 1.82) is 10.5 Å². The molecule has 2 rings (SSSR count). The third kappa shape index (κ3) is 3.62. The number of hydrogen-bond donors (Lipinski definition) is 0. The predicted molar refractivity (Wildman–Crippen MR) is 81.3 cm³/mol. The summed E-state index contributed by atoms with van der Waals surface area (Å²) in [5, 5.41) is 18.0. The quantitative estimate of drug-likeness (QED) is 0.626. The summed E-state index contributed by atoms with van der Waals surface area (Å²) in [6.07, 6.45) is 3.04. The van der Waals surface area contributed by atoms with Gasteiger partial charge in [-0.3, -0.25) is 4.79 Å². The number of amides is 1. The van der Waals surface area contributed by atoms with Gasteiger partial charge in [-0.2, -0.15) is 10.5 Å². The van der Waals surface area contributed by atoms with Crippen molar-refractivity contribution in [1.82, 2.24) is 0 Å². The summed E-state index contributed by atoms with van der Waals surface area (Å²) in [6, 6.07) is 16.2. The van der Waals surface area contributed by atoms with E-state index >= 15 is 0 Å². The van der Waals surface area contributed by atoms with E-state index in [1.54, 1.807) is 36.4 Å². The highest BCUT2D eigenvalue weighted by Crippen LogP contribution is 2.18. The van der Waals surface area contributed by atoms with E-state index < -0.39 is 5.91 Å². The van der Waals surface area contributed by atoms with Gasteiger partial charge >= 0.3 is 0 Å². The maximum absolute atomic E-state index is 12.6. The Morgan fingerprint density at radius 2 is 1.95 bits per heavy atom. The number of hydrogen-bond acceptors (Lipinski definition) is 4. The van der Waals surface area contributed by atoms with Gasteiger partial charge in [0.2, 0.25) is 0 Å². The molecule has 0 N–H and O–H groups in total. The van der Waals surface area contributed by atoms with Crippen LogP contribution in [0.3, 0.4) is 0 Å². The Balaban J connectivity index is 2.32. The molecule has 0 radical (unpaired) electrons. The van der Waals surface area contributed by atoms with E-state index in [9.17, 15) is 10.1 Å². The summed E-state index contributed by atoms with van der Waals surface area (Å²) in [4.78, 5) is 14.0. The third-order valence-corrected chi connectivity index (χ3v) is 2.94. The van der Waals surface area contributed by atoms with Crippen LogP contribution in [-0.2, 0) is 4.79 Å². The molecule has 108 valence electrons. The Hall–Kier alpha value is -3.31. The van der Waals surface area contributed by atoms with E-state index in [0.29, 0.717) is 11.4 Å². The zero-order chi connectivity index (χ0) is 15.8. The lowest BCUT2D eigenvalue weighted by Crippen LogP contribution is -2.32. The number of rotatable bonds is 5. The fourth-order valence-electron chi connectivity index (χ4n) is 1.92. The lowest BCUT2D eigenvalue weighted by molar-refractivity contribution is -0.114. The van der Waals surface area contributed by atoms with E-state index in [1.807, 2.05) is 18.2 Å². The molecular formula is C17H13N3O2. The lowest BCUT2D eigenvalue weighted by atomic mass is 10.2. The summed E-state index contributed by atoms with van der Waals surface area (Å²) in [5.41, 5.74) is 0.597. The summed E-state index contributed by atoms with van der Waals surface area (Å²) >= 11 is 0. The van der Waals surface area contributed by atoms with Crippen molar-refractivity contribution in [3.8, 4) is 12.1 Å². The average molecular weight is 291 g/mol. The van der Waals surface area contributed by atoms with Crippen molar-refractivity contribution >= 4 is 17.7 Å². The molecule has 5 heteroatoms. The highest BCUT2D eigenvalue weighted by atomic mass is 16.3. The maximum Gasteiger partial charge on any atom is 0.269 e. The summed E-state index contributed by atoms with van der Waals surface area (Å²) < 4.78 is 5.13. The van der Waals surface area contributed by atoms with Crippen LogP contribution in [0, 0.1) is 22.7 Å². The minimum Gasteiger partial charge on any atom is -0.465 e. The molecule has 0 aliphatic carbocycles. The molecule has 0 saturated heterocycles. The second kappa shape index (κ2) is 7.47. The Kier molecular flexibility index (Phi) is 5.12. The molecule has 0 aliphatic heterocycles. The molecular weight excluding hydrogens is 278 g/mol. The number of benzene rings is 1. The average Bonchev–Trinajstić information content (AvgIpc) is 3.07. The molecule has 2 aromatic rings. The number of carbonyl (C=O) groups excluding carboxylic acids is 1. The van der Waals surface area contributed by atoms with Crippen molar-refractivity contribution < 1.29 is 9.21 Å². The summed E-state index contributed by atoms with van der Waals surface area (Å²) in [6.45, 7) is 0.219. The van der Waals surface area contributed by atoms with E-state index in [0.717, 1.165) is 0 Å². The highest BCUT2D eigenvalue weighted by Gasteiger charge is 2.20. The van der Waals surface area contributed by atoms with Crippen LogP contribution in [0.1, 0.15) is 12.2 Å². The minimum absolute atomic E-state index is 0.0447. The van der Waals surface area contributed by atoms with Crippen molar-refractivity contribution in [2.24, 2.45) is 0 Å². The molecule has 1 amide bonds. The summed E-state index contributed by atoms with van der Waals surface area (Å²) in [5.74, 6) is -0.0291. The second-order valence-electron chi connectivity index (χ2n) is 4.39. The standard InChI is InChI=1S/C17H13N3O2/c18-9-5-10-20(15-6-2-1-3-7-15)17(21)14(13-19)12-16-8-4-11-22-16/h1-4,6-8,11-12H,5,10H2/b14-12+. The molecule has 0 bridgehead atoms. The fourth-order valence-corrected chi connectivity index (χ4v) is 1.92. The Labute approximate surface area is 128 Å². The van der Waals surface area contributed by atoms with Gasteiger partial charge in [0.25, 0.3) is 5.91 Å². The zero-order valence-corrected chi connectivity index (χ0v) is 11.8. The monoisotopic (exact) mass is 291 g/mol. The van der Waals surface area contributed by atoms with Crippen molar-refractivity contribution in [2.75, 3.05) is 11.4 Å². The number of anilines is 1. The largest absolute Gasteiger partial charge is 0.465 e. The van der Waals surface area contributed by atoms with Crippen LogP contribution in [0.5, 0.6) is 0 Å². The van der Waals surface area contributed by atoms with Crippen molar-refractivity contribution in [3.05, 3.63) is 60.1 Å². The van der Waals surface area contributed by atoms with E-state index in [4.69, 9.17) is 9.68 Å². The van der Waals surface area contributed by atoms with Crippen molar-refractivity contribution in [3.63, 3.8) is 0 Å². The van der Waals surface area contributed by atoms with E-state index in [1.165, 1.54) is 17.2 Å². The van der Waals surface area contributed by atoms with E-state index in [2.05, 4.69) is 0 Å². The van der Waals surface area contributed by atoms with Crippen LogP contribution in [0.15, 0.2) is 58.7 Å². The van der Waals surface area contributed by atoms with Gasteiger partial charge in [-0.25, -0.2) is 0 Å². The fraction of sp³-hybridized carbons (Fsp3) is 0.118. The molecule has 0 fully saturated rings. The van der Waals surface area contributed by atoms with Gasteiger partial charge < -0.3 is 9.32 Å². The molecule has 1 aromatic carbocycles. The molecule has 0 unspecified atom stereocenters. The van der Waals surface area contributed by atoms with E-state index in [-0.39, 0.29) is 18.5 Å². The highest BCUT2D eigenvalue weighted by molar-refractivity contribution is 6.11. The number of furan rings is 1. The van der Waals surface area contributed by atoms with Crippen LogP contribution >= 0.6 is 0 Å². The van der Waals surface area contributed by atoms with Crippen LogP contribution in [-0.4, -0.2) is 12.5 Å². The van der Waals surface area contributed by atoms with Gasteiger partial charge in [-0.15, -0.1) is 0 Å². The molecule has 0 aliphatic rings. The number of carbonyl (C=O) groups is 1. The molecule has 1 heterocycles. The van der Waals surface area contributed by atoms with Crippen LogP contribution < -0.4 is 4.90 Å². The number of nitriles is 2.